The monoisotopic (exact) mass is 309 g/mol. The molecular formula is C16H27N3O3. The number of benzene rings is 1. The Balaban J connectivity index is 2.93. The van der Waals surface area contributed by atoms with Crippen molar-refractivity contribution in [2.75, 3.05) is 20.8 Å². The molecule has 0 saturated carbocycles. The van der Waals surface area contributed by atoms with Gasteiger partial charge in [0.15, 0.2) is 17.5 Å². The Morgan fingerprint density at radius 1 is 1.23 bits per heavy atom. The highest BCUT2D eigenvalue weighted by Gasteiger charge is 2.11. The molecule has 1 unspecified atom stereocenters. The lowest BCUT2D eigenvalue weighted by molar-refractivity contribution is 0.339. The van der Waals surface area contributed by atoms with E-state index >= 15 is 0 Å². The number of methoxy groups -OCH3 is 2. The average Bonchev–Trinajstić information content (AvgIpc) is 2.53. The molecule has 0 amide bonds. The van der Waals surface area contributed by atoms with Crippen LogP contribution in [0.3, 0.4) is 0 Å². The molecule has 0 spiro atoms. The minimum Gasteiger partial charge on any atom is -0.502 e. The van der Waals surface area contributed by atoms with Crippen molar-refractivity contribution >= 4 is 5.96 Å². The Morgan fingerprint density at radius 2 is 1.82 bits per heavy atom. The summed E-state index contributed by atoms with van der Waals surface area (Å²) in [7, 11) is 3.02. The first kappa shape index (κ1) is 17.9. The molecule has 0 radical (unpaired) electrons. The molecule has 0 saturated heterocycles. The minimum atomic E-state index is 0.00219. The van der Waals surface area contributed by atoms with Crippen molar-refractivity contribution in [1.82, 2.24) is 10.6 Å². The van der Waals surface area contributed by atoms with Gasteiger partial charge in [-0.15, -0.1) is 0 Å². The van der Waals surface area contributed by atoms with E-state index in [1.807, 2.05) is 6.92 Å². The van der Waals surface area contributed by atoms with E-state index in [2.05, 4.69) is 29.5 Å². The summed E-state index contributed by atoms with van der Waals surface area (Å²) >= 11 is 0. The molecule has 0 bridgehead atoms. The lowest BCUT2D eigenvalue weighted by Gasteiger charge is -2.16. The molecule has 1 rings (SSSR count). The molecule has 1 atom stereocenters. The third-order valence-electron chi connectivity index (χ3n) is 3.30. The Kier molecular flexibility index (Phi) is 7.36. The van der Waals surface area contributed by atoms with Gasteiger partial charge in [0.05, 0.1) is 20.8 Å². The van der Waals surface area contributed by atoms with Gasteiger partial charge in [0.2, 0.25) is 5.75 Å². The van der Waals surface area contributed by atoms with Crippen LogP contribution < -0.4 is 20.1 Å². The number of hydrogen-bond acceptors (Lipinski definition) is 4. The fraction of sp³-hybridized carbons (Fsp3) is 0.562. The molecule has 0 aliphatic rings. The summed E-state index contributed by atoms with van der Waals surface area (Å²) < 4.78 is 10.3. The summed E-state index contributed by atoms with van der Waals surface area (Å²) in [5.41, 5.74) is 0.896. The van der Waals surface area contributed by atoms with E-state index in [4.69, 9.17) is 9.47 Å². The largest absolute Gasteiger partial charge is 0.502 e. The molecule has 1 aromatic carbocycles. The van der Waals surface area contributed by atoms with Crippen molar-refractivity contribution in [3.8, 4) is 17.2 Å². The summed E-state index contributed by atoms with van der Waals surface area (Å²) in [5.74, 6) is 1.53. The lowest BCUT2D eigenvalue weighted by Crippen LogP contribution is -2.41. The zero-order valence-corrected chi connectivity index (χ0v) is 14.1. The van der Waals surface area contributed by atoms with Crippen LogP contribution in [-0.2, 0) is 6.54 Å². The molecule has 124 valence electrons. The van der Waals surface area contributed by atoms with E-state index in [1.54, 1.807) is 12.1 Å². The molecule has 0 aromatic heterocycles. The van der Waals surface area contributed by atoms with E-state index in [9.17, 15) is 5.11 Å². The second-order valence-electron chi connectivity index (χ2n) is 5.00. The summed E-state index contributed by atoms with van der Waals surface area (Å²) in [6.45, 7) is 7.51. The molecule has 6 heteroatoms. The van der Waals surface area contributed by atoms with Crippen LogP contribution in [0.15, 0.2) is 17.1 Å². The predicted molar refractivity (Wildman–Crippen MR) is 88.9 cm³/mol. The van der Waals surface area contributed by atoms with E-state index in [0.717, 1.165) is 24.5 Å². The molecule has 22 heavy (non-hydrogen) atoms. The van der Waals surface area contributed by atoms with Crippen molar-refractivity contribution < 1.29 is 14.6 Å². The van der Waals surface area contributed by atoms with Gasteiger partial charge in [-0.25, -0.2) is 4.99 Å². The third-order valence-corrected chi connectivity index (χ3v) is 3.30. The lowest BCUT2D eigenvalue weighted by atomic mass is 10.2. The number of ether oxygens (including phenoxy) is 2. The maximum atomic E-state index is 9.92. The Bertz CT molecular complexity index is 478. The smallest absolute Gasteiger partial charge is 0.200 e. The molecule has 0 fully saturated rings. The van der Waals surface area contributed by atoms with Gasteiger partial charge in [-0.1, -0.05) is 6.92 Å². The Labute approximate surface area is 132 Å². The van der Waals surface area contributed by atoms with Crippen LogP contribution in [0, 0.1) is 0 Å². The summed E-state index contributed by atoms with van der Waals surface area (Å²) in [6, 6.07) is 3.86. The fourth-order valence-electron chi connectivity index (χ4n) is 1.86. The highest BCUT2D eigenvalue weighted by molar-refractivity contribution is 5.80. The Morgan fingerprint density at radius 3 is 2.27 bits per heavy atom. The van der Waals surface area contributed by atoms with Gasteiger partial charge in [-0.05, 0) is 38.0 Å². The number of guanidine groups is 1. The van der Waals surface area contributed by atoms with Gasteiger partial charge >= 0.3 is 0 Å². The third kappa shape index (κ3) is 5.02. The number of aliphatic imine (C=N–C) groups is 1. The van der Waals surface area contributed by atoms with Crippen molar-refractivity contribution in [1.29, 1.82) is 0 Å². The second kappa shape index (κ2) is 9.02. The van der Waals surface area contributed by atoms with Gasteiger partial charge in [-0.3, -0.25) is 0 Å². The normalized spacial score (nSPS) is 12.7. The van der Waals surface area contributed by atoms with E-state index in [1.165, 1.54) is 14.2 Å². The van der Waals surface area contributed by atoms with Crippen LogP contribution in [-0.4, -0.2) is 37.9 Å². The van der Waals surface area contributed by atoms with Crippen molar-refractivity contribution in [2.45, 2.75) is 39.8 Å². The first-order valence-corrected chi connectivity index (χ1v) is 7.54. The van der Waals surface area contributed by atoms with Crippen LogP contribution >= 0.6 is 0 Å². The zero-order valence-electron chi connectivity index (χ0n) is 14.1. The van der Waals surface area contributed by atoms with Crippen LogP contribution in [0.1, 0.15) is 32.8 Å². The average molecular weight is 309 g/mol. The van der Waals surface area contributed by atoms with Crippen molar-refractivity contribution in [3.63, 3.8) is 0 Å². The number of nitrogens with zero attached hydrogens (tertiary/aromatic N) is 1. The molecule has 6 nitrogen and oxygen atoms in total. The van der Waals surface area contributed by atoms with E-state index in [-0.39, 0.29) is 5.75 Å². The van der Waals surface area contributed by atoms with Gasteiger partial charge < -0.3 is 25.2 Å². The number of rotatable bonds is 7. The van der Waals surface area contributed by atoms with Gasteiger partial charge in [0.25, 0.3) is 0 Å². The fourth-order valence-corrected chi connectivity index (χ4v) is 1.86. The molecule has 0 aliphatic heterocycles. The summed E-state index contributed by atoms with van der Waals surface area (Å²) in [6.07, 6.45) is 1.02. The Hall–Kier alpha value is -2.11. The maximum absolute atomic E-state index is 9.92. The summed E-state index contributed by atoms with van der Waals surface area (Å²) in [5, 5.41) is 16.5. The van der Waals surface area contributed by atoms with Crippen molar-refractivity contribution in [2.24, 2.45) is 4.99 Å². The number of phenolic OH excluding ortho intramolecular Hbond substituents is 1. The van der Waals surface area contributed by atoms with Crippen LogP contribution in [0.25, 0.3) is 0 Å². The number of phenols is 1. The van der Waals surface area contributed by atoms with E-state index < -0.39 is 0 Å². The highest BCUT2D eigenvalue weighted by Crippen LogP contribution is 2.37. The minimum absolute atomic E-state index is 0.00219. The number of nitrogens with one attached hydrogen (secondary N) is 2. The van der Waals surface area contributed by atoms with Crippen LogP contribution in [0.4, 0.5) is 0 Å². The second-order valence-corrected chi connectivity index (χ2v) is 5.00. The number of hydrogen-bond donors (Lipinski definition) is 3. The molecular weight excluding hydrogens is 282 g/mol. The molecule has 0 heterocycles. The topological polar surface area (TPSA) is 75.1 Å². The molecule has 0 aliphatic carbocycles. The van der Waals surface area contributed by atoms with Gasteiger partial charge in [0.1, 0.15) is 0 Å². The number of aromatic hydroxyl groups is 1. The zero-order chi connectivity index (χ0) is 16.5. The maximum Gasteiger partial charge on any atom is 0.200 e. The SMILES string of the molecule is CCNC(=NCc1cc(OC)c(O)c(OC)c1)NC(C)CC. The first-order valence-electron chi connectivity index (χ1n) is 7.54. The molecule has 1 aromatic rings. The quantitative estimate of drug-likeness (QED) is 0.532. The van der Waals surface area contributed by atoms with E-state index in [0.29, 0.717) is 24.1 Å². The highest BCUT2D eigenvalue weighted by atomic mass is 16.5. The summed E-state index contributed by atoms with van der Waals surface area (Å²) in [4.78, 5) is 4.55. The van der Waals surface area contributed by atoms with Crippen molar-refractivity contribution in [3.05, 3.63) is 17.7 Å². The van der Waals surface area contributed by atoms with Gasteiger partial charge in [0, 0.05) is 12.6 Å². The van der Waals surface area contributed by atoms with Crippen LogP contribution in [0.2, 0.25) is 0 Å². The standard InChI is InChI=1S/C16H27N3O3/c1-6-11(3)19-16(17-7-2)18-10-12-8-13(21-4)15(20)14(9-12)22-5/h8-9,11,20H,6-7,10H2,1-5H3,(H2,17,18,19). The van der Waals surface area contributed by atoms with Gasteiger partial charge in [-0.2, -0.15) is 0 Å². The predicted octanol–water partition coefficient (Wildman–Crippen LogP) is 2.26. The first-order chi connectivity index (χ1) is 10.5. The molecule has 3 N–H and O–H groups in total. The van der Waals surface area contributed by atoms with Crippen LogP contribution in [0.5, 0.6) is 17.2 Å².